The number of nitrogens with two attached hydrogens (primary N) is 2. The monoisotopic (exact) mass is 394 g/mol. The first-order valence-corrected chi connectivity index (χ1v) is 9.51. The quantitative estimate of drug-likeness (QED) is 0.526. The third kappa shape index (κ3) is 4.38. The molecule has 2 heterocycles. The molecule has 6 N–H and O–H groups in total. The molecule has 4 rings (SSSR count). The molecule has 0 radical (unpaired) electrons. The van der Waals surface area contributed by atoms with Crippen molar-refractivity contribution in [3.05, 3.63) is 60.2 Å². The van der Waals surface area contributed by atoms with Crippen molar-refractivity contribution < 1.29 is 9.13 Å². The van der Waals surface area contributed by atoms with Crippen LogP contribution < -0.4 is 26.8 Å². The Balaban J connectivity index is 1.69. The van der Waals surface area contributed by atoms with E-state index in [4.69, 9.17) is 16.2 Å². The van der Waals surface area contributed by atoms with E-state index in [0.29, 0.717) is 34.2 Å². The molecule has 0 saturated carbocycles. The molecule has 1 aromatic heterocycles. The SMILES string of the molecule is N/C=C(\N)c1cc2cnc(Nc3cccc(F)c3)nc2cc1OC1CCNCC1. The number of nitrogens with zero attached hydrogens (tertiary/aromatic N) is 2. The molecular formula is C21H23FN6O. The van der Waals surface area contributed by atoms with E-state index < -0.39 is 0 Å². The second kappa shape index (κ2) is 8.32. The largest absolute Gasteiger partial charge is 0.490 e. The van der Waals surface area contributed by atoms with E-state index in [1.54, 1.807) is 18.3 Å². The lowest BCUT2D eigenvalue weighted by molar-refractivity contribution is 0.162. The standard InChI is InChI=1S/C21H23FN6O/c22-14-2-1-3-15(9-14)27-21-26-12-13-8-17(18(24)11-23)20(10-19(13)28-21)29-16-4-6-25-7-5-16/h1-3,8-12,16,25H,4-7,23-24H2,(H,26,27,28)/b18-11-. The van der Waals surface area contributed by atoms with Gasteiger partial charge in [-0.1, -0.05) is 6.07 Å². The van der Waals surface area contributed by atoms with Crippen molar-refractivity contribution in [1.29, 1.82) is 0 Å². The second-order valence-electron chi connectivity index (χ2n) is 6.93. The minimum absolute atomic E-state index is 0.102. The number of hydrogen-bond acceptors (Lipinski definition) is 7. The van der Waals surface area contributed by atoms with Gasteiger partial charge in [0, 0.05) is 35.1 Å². The van der Waals surface area contributed by atoms with Crippen LogP contribution in [-0.4, -0.2) is 29.2 Å². The molecule has 1 aliphatic heterocycles. The van der Waals surface area contributed by atoms with Gasteiger partial charge >= 0.3 is 0 Å². The van der Waals surface area contributed by atoms with Gasteiger partial charge in [-0.2, -0.15) is 0 Å². The van der Waals surface area contributed by atoms with Crippen molar-refractivity contribution in [2.75, 3.05) is 18.4 Å². The molecule has 0 unspecified atom stereocenters. The highest BCUT2D eigenvalue weighted by Crippen LogP contribution is 2.31. The van der Waals surface area contributed by atoms with Crippen LogP contribution in [0.2, 0.25) is 0 Å². The number of fused-ring (bicyclic) bond motifs is 1. The van der Waals surface area contributed by atoms with E-state index >= 15 is 0 Å². The molecule has 29 heavy (non-hydrogen) atoms. The summed E-state index contributed by atoms with van der Waals surface area (Å²) in [6, 6.07) is 9.86. The number of piperidine rings is 1. The maximum atomic E-state index is 13.4. The summed E-state index contributed by atoms with van der Waals surface area (Å²) < 4.78 is 19.7. The Morgan fingerprint density at radius 2 is 2.07 bits per heavy atom. The molecule has 3 aromatic rings. The van der Waals surface area contributed by atoms with Gasteiger partial charge in [0.05, 0.1) is 11.2 Å². The van der Waals surface area contributed by atoms with Crippen LogP contribution in [0.15, 0.2) is 48.8 Å². The second-order valence-corrected chi connectivity index (χ2v) is 6.93. The fraction of sp³-hybridized carbons (Fsp3) is 0.238. The number of anilines is 2. The predicted molar refractivity (Wildman–Crippen MR) is 112 cm³/mol. The molecule has 1 fully saturated rings. The van der Waals surface area contributed by atoms with Gasteiger partial charge in [-0.25, -0.2) is 14.4 Å². The van der Waals surface area contributed by atoms with Crippen LogP contribution in [-0.2, 0) is 0 Å². The maximum Gasteiger partial charge on any atom is 0.227 e. The topological polar surface area (TPSA) is 111 Å². The third-order valence-electron chi connectivity index (χ3n) is 4.83. The first-order chi connectivity index (χ1) is 14.1. The first kappa shape index (κ1) is 18.9. The summed E-state index contributed by atoms with van der Waals surface area (Å²) in [7, 11) is 0. The Morgan fingerprint density at radius 3 is 2.83 bits per heavy atom. The summed E-state index contributed by atoms with van der Waals surface area (Å²) >= 11 is 0. The molecule has 7 nitrogen and oxygen atoms in total. The van der Waals surface area contributed by atoms with Gasteiger partial charge in [0.15, 0.2) is 0 Å². The van der Waals surface area contributed by atoms with E-state index in [-0.39, 0.29) is 11.9 Å². The van der Waals surface area contributed by atoms with Gasteiger partial charge in [-0.15, -0.1) is 0 Å². The van der Waals surface area contributed by atoms with Crippen LogP contribution in [0.5, 0.6) is 5.75 Å². The highest BCUT2D eigenvalue weighted by molar-refractivity contribution is 5.86. The highest BCUT2D eigenvalue weighted by Gasteiger charge is 2.18. The van der Waals surface area contributed by atoms with Gasteiger partial charge < -0.3 is 26.8 Å². The number of rotatable bonds is 5. The number of ether oxygens (including phenoxy) is 1. The van der Waals surface area contributed by atoms with Crippen LogP contribution >= 0.6 is 0 Å². The predicted octanol–water partition coefficient (Wildman–Crippen LogP) is 2.86. The van der Waals surface area contributed by atoms with Crippen LogP contribution in [0.25, 0.3) is 16.6 Å². The first-order valence-electron chi connectivity index (χ1n) is 9.51. The molecule has 0 aliphatic carbocycles. The lowest BCUT2D eigenvalue weighted by Crippen LogP contribution is -2.34. The fourth-order valence-corrected chi connectivity index (χ4v) is 3.32. The number of benzene rings is 2. The van der Waals surface area contributed by atoms with Crippen molar-refractivity contribution in [3.63, 3.8) is 0 Å². The molecule has 0 spiro atoms. The molecular weight excluding hydrogens is 371 g/mol. The normalized spacial score (nSPS) is 15.4. The van der Waals surface area contributed by atoms with Gasteiger partial charge in [0.25, 0.3) is 0 Å². The third-order valence-corrected chi connectivity index (χ3v) is 4.83. The van der Waals surface area contributed by atoms with E-state index in [1.807, 2.05) is 12.1 Å². The summed E-state index contributed by atoms with van der Waals surface area (Å²) in [5, 5.41) is 7.14. The van der Waals surface area contributed by atoms with Crippen LogP contribution in [0, 0.1) is 5.82 Å². The minimum atomic E-state index is -0.331. The lowest BCUT2D eigenvalue weighted by Gasteiger charge is -2.25. The molecule has 8 heteroatoms. The minimum Gasteiger partial charge on any atom is -0.490 e. The van der Waals surface area contributed by atoms with Crippen molar-refractivity contribution in [2.24, 2.45) is 11.5 Å². The summed E-state index contributed by atoms with van der Waals surface area (Å²) in [4.78, 5) is 8.87. The number of nitrogens with one attached hydrogen (secondary N) is 2. The van der Waals surface area contributed by atoms with Gasteiger partial charge in [0.2, 0.25) is 5.95 Å². The van der Waals surface area contributed by atoms with Crippen molar-refractivity contribution in [2.45, 2.75) is 18.9 Å². The molecule has 0 bridgehead atoms. The fourth-order valence-electron chi connectivity index (χ4n) is 3.32. The van der Waals surface area contributed by atoms with E-state index in [2.05, 4.69) is 20.6 Å². The summed E-state index contributed by atoms with van der Waals surface area (Å²) in [6.07, 6.45) is 4.98. The molecule has 0 amide bonds. The average Bonchev–Trinajstić information content (AvgIpc) is 2.73. The van der Waals surface area contributed by atoms with Crippen LogP contribution in [0.1, 0.15) is 18.4 Å². The molecule has 150 valence electrons. The zero-order valence-corrected chi connectivity index (χ0v) is 15.9. The van der Waals surface area contributed by atoms with Crippen LogP contribution in [0.4, 0.5) is 16.0 Å². The van der Waals surface area contributed by atoms with E-state index in [1.165, 1.54) is 18.3 Å². The molecule has 1 saturated heterocycles. The van der Waals surface area contributed by atoms with Gasteiger partial charge in [-0.05, 0) is 50.2 Å². The summed E-state index contributed by atoms with van der Waals surface area (Å²) in [5.74, 6) is 0.673. The Kier molecular flexibility index (Phi) is 5.44. The van der Waals surface area contributed by atoms with Crippen molar-refractivity contribution in [3.8, 4) is 5.75 Å². The number of halogens is 1. The summed E-state index contributed by atoms with van der Waals surface area (Å²) in [6.45, 7) is 1.83. The Hall–Kier alpha value is -3.39. The highest BCUT2D eigenvalue weighted by atomic mass is 19.1. The summed E-state index contributed by atoms with van der Waals surface area (Å²) in [5.41, 5.74) is 14.1. The molecule has 0 atom stereocenters. The Morgan fingerprint density at radius 1 is 1.24 bits per heavy atom. The zero-order valence-electron chi connectivity index (χ0n) is 15.9. The van der Waals surface area contributed by atoms with Crippen molar-refractivity contribution >= 4 is 28.2 Å². The Bertz CT molecular complexity index is 1050. The number of hydrogen-bond donors (Lipinski definition) is 4. The molecule has 2 aromatic carbocycles. The zero-order chi connectivity index (χ0) is 20.2. The van der Waals surface area contributed by atoms with E-state index in [9.17, 15) is 4.39 Å². The number of aromatic nitrogens is 2. The van der Waals surface area contributed by atoms with E-state index in [0.717, 1.165) is 31.3 Å². The van der Waals surface area contributed by atoms with Crippen molar-refractivity contribution in [1.82, 2.24) is 15.3 Å². The van der Waals surface area contributed by atoms with Crippen LogP contribution in [0.3, 0.4) is 0 Å². The Labute approximate surface area is 168 Å². The van der Waals surface area contributed by atoms with Gasteiger partial charge in [-0.3, -0.25) is 0 Å². The maximum absolute atomic E-state index is 13.4. The smallest absolute Gasteiger partial charge is 0.227 e. The lowest BCUT2D eigenvalue weighted by atomic mass is 10.1. The average molecular weight is 394 g/mol. The molecule has 1 aliphatic rings. The van der Waals surface area contributed by atoms with Gasteiger partial charge in [0.1, 0.15) is 17.7 Å².